The van der Waals surface area contributed by atoms with Gasteiger partial charge in [0, 0.05) is 32.6 Å². The Balaban J connectivity index is 1.81. The normalized spacial score (nSPS) is 33.3. The minimum atomic E-state index is -0.559. The Bertz CT molecular complexity index is 530. The third-order valence-corrected chi connectivity index (χ3v) is 6.14. The second kappa shape index (κ2) is 7.85. The van der Waals surface area contributed by atoms with Crippen molar-refractivity contribution >= 4 is 11.8 Å². The Hall–Kier alpha value is -1.14. The number of amides is 2. The molecule has 0 aromatic rings. The molecule has 1 spiro atoms. The highest BCUT2D eigenvalue weighted by Crippen LogP contribution is 2.43. The van der Waals surface area contributed by atoms with Crippen molar-refractivity contribution in [2.45, 2.75) is 64.6 Å². The first-order valence-corrected chi connectivity index (χ1v) is 10.3. The van der Waals surface area contributed by atoms with Gasteiger partial charge >= 0.3 is 0 Å². The van der Waals surface area contributed by atoms with Gasteiger partial charge in [0.25, 0.3) is 0 Å². The fraction of sp³-hybridized carbons (Fsp3) is 0.900. The first-order chi connectivity index (χ1) is 12.3. The van der Waals surface area contributed by atoms with E-state index in [1.165, 1.54) is 6.42 Å². The average molecular weight is 366 g/mol. The molecule has 0 bridgehead atoms. The number of ether oxygens (including phenoxy) is 1. The summed E-state index contributed by atoms with van der Waals surface area (Å²) >= 11 is 0. The van der Waals surface area contributed by atoms with Crippen LogP contribution in [0.15, 0.2) is 0 Å². The lowest BCUT2D eigenvalue weighted by atomic mass is 9.83. The molecule has 6 heteroatoms. The lowest BCUT2D eigenvalue weighted by molar-refractivity contribution is -0.165. The number of hydrogen-bond donors (Lipinski definition) is 0. The van der Waals surface area contributed by atoms with Crippen LogP contribution < -0.4 is 0 Å². The Morgan fingerprint density at radius 1 is 1.19 bits per heavy atom. The third-order valence-electron chi connectivity index (χ3n) is 6.14. The zero-order valence-corrected chi connectivity index (χ0v) is 16.9. The first kappa shape index (κ1) is 19.6. The molecule has 3 atom stereocenters. The van der Waals surface area contributed by atoms with E-state index in [4.69, 9.17) is 4.74 Å². The number of carbonyl (C=O) groups excluding carboxylic acids is 2. The van der Waals surface area contributed by atoms with E-state index >= 15 is 0 Å². The van der Waals surface area contributed by atoms with E-state index in [2.05, 4.69) is 32.7 Å². The molecule has 2 amide bonds. The van der Waals surface area contributed by atoms with Crippen LogP contribution in [0.1, 0.15) is 52.9 Å². The molecule has 2 aliphatic heterocycles. The summed E-state index contributed by atoms with van der Waals surface area (Å²) in [5, 5.41) is 0. The number of likely N-dealkylation sites (N-methyl/N-ethyl adjacent to an activating group) is 1. The molecule has 0 unspecified atom stereocenters. The molecule has 6 nitrogen and oxygen atoms in total. The summed E-state index contributed by atoms with van der Waals surface area (Å²) in [6.45, 7) is 9.95. The summed E-state index contributed by atoms with van der Waals surface area (Å²) in [5.41, 5.74) is -0.559. The number of rotatable bonds is 3. The van der Waals surface area contributed by atoms with Crippen molar-refractivity contribution in [3.63, 3.8) is 0 Å². The van der Waals surface area contributed by atoms with Gasteiger partial charge in [0.15, 0.2) is 0 Å². The van der Waals surface area contributed by atoms with Crippen LogP contribution in [0.4, 0.5) is 0 Å². The first-order valence-electron chi connectivity index (χ1n) is 10.3. The molecule has 2 saturated heterocycles. The van der Waals surface area contributed by atoms with Gasteiger partial charge in [0.2, 0.25) is 11.8 Å². The SMILES string of the molecule is CC(C)CC(=O)N1[C@H](C(=O)N2CCN(C)CC2)CO[C@@]12CCC[C@H](C)C2. The smallest absolute Gasteiger partial charge is 0.247 e. The van der Waals surface area contributed by atoms with Crippen LogP contribution in [0.5, 0.6) is 0 Å². The molecule has 3 rings (SSSR count). The van der Waals surface area contributed by atoms with Gasteiger partial charge in [-0.05, 0) is 38.1 Å². The second-order valence-corrected chi connectivity index (χ2v) is 8.96. The van der Waals surface area contributed by atoms with Crippen molar-refractivity contribution in [2.24, 2.45) is 11.8 Å². The third kappa shape index (κ3) is 3.91. The van der Waals surface area contributed by atoms with E-state index in [-0.39, 0.29) is 17.7 Å². The van der Waals surface area contributed by atoms with E-state index in [1.54, 1.807) is 0 Å². The largest absolute Gasteiger partial charge is 0.353 e. The van der Waals surface area contributed by atoms with Gasteiger partial charge in [-0.1, -0.05) is 27.2 Å². The van der Waals surface area contributed by atoms with Crippen molar-refractivity contribution in [3.05, 3.63) is 0 Å². The zero-order valence-electron chi connectivity index (χ0n) is 16.9. The summed E-state index contributed by atoms with van der Waals surface area (Å²) < 4.78 is 6.26. The fourth-order valence-electron chi connectivity index (χ4n) is 4.76. The molecule has 1 saturated carbocycles. The summed E-state index contributed by atoms with van der Waals surface area (Å²) in [4.78, 5) is 32.4. The lowest BCUT2D eigenvalue weighted by Crippen LogP contribution is -2.59. The van der Waals surface area contributed by atoms with Crippen LogP contribution in [0.3, 0.4) is 0 Å². The van der Waals surface area contributed by atoms with Gasteiger partial charge in [-0.2, -0.15) is 0 Å². The molecule has 1 aliphatic carbocycles. The van der Waals surface area contributed by atoms with Crippen LogP contribution in [0.2, 0.25) is 0 Å². The van der Waals surface area contributed by atoms with Crippen LogP contribution in [0, 0.1) is 11.8 Å². The van der Waals surface area contributed by atoms with Crippen LogP contribution >= 0.6 is 0 Å². The van der Waals surface area contributed by atoms with E-state index in [0.29, 0.717) is 18.9 Å². The lowest BCUT2D eigenvalue weighted by Gasteiger charge is -2.44. The topological polar surface area (TPSA) is 53.1 Å². The van der Waals surface area contributed by atoms with Crippen molar-refractivity contribution in [2.75, 3.05) is 39.8 Å². The predicted octanol–water partition coefficient (Wildman–Crippen LogP) is 1.94. The standard InChI is InChI=1S/C20H35N3O3/c1-15(2)12-18(24)23-17(19(25)22-10-8-21(4)9-11-22)14-26-20(23)7-5-6-16(3)13-20/h15-17H,5-14H2,1-4H3/t16-,17-,20+/m0/s1. The van der Waals surface area contributed by atoms with Crippen molar-refractivity contribution < 1.29 is 14.3 Å². The van der Waals surface area contributed by atoms with E-state index in [0.717, 1.165) is 45.4 Å². The average Bonchev–Trinajstić information content (AvgIpc) is 2.92. The Labute approximate surface area is 157 Å². The minimum absolute atomic E-state index is 0.0744. The van der Waals surface area contributed by atoms with Gasteiger partial charge in [-0.15, -0.1) is 0 Å². The highest BCUT2D eigenvalue weighted by Gasteiger charge is 2.54. The fourth-order valence-corrected chi connectivity index (χ4v) is 4.76. The molecule has 148 valence electrons. The monoisotopic (exact) mass is 365 g/mol. The minimum Gasteiger partial charge on any atom is -0.353 e. The molecule has 3 aliphatic rings. The number of nitrogens with zero attached hydrogens (tertiary/aromatic N) is 3. The maximum Gasteiger partial charge on any atom is 0.247 e. The Morgan fingerprint density at radius 3 is 2.50 bits per heavy atom. The molecular weight excluding hydrogens is 330 g/mol. The van der Waals surface area contributed by atoms with Gasteiger partial charge in [0.05, 0.1) is 6.61 Å². The highest BCUT2D eigenvalue weighted by molar-refractivity contribution is 5.89. The van der Waals surface area contributed by atoms with Gasteiger partial charge in [-0.3, -0.25) is 14.5 Å². The van der Waals surface area contributed by atoms with E-state index in [1.807, 2.05) is 9.80 Å². The van der Waals surface area contributed by atoms with E-state index < -0.39 is 11.8 Å². The summed E-state index contributed by atoms with van der Waals surface area (Å²) in [5.74, 6) is 0.959. The maximum absolute atomic E-state index is 13.2. The van der Waals surface area contributed by atoms with E-state index in [9.17, 15) is 9.59 Å². The molecule has 3 fully saturated rings. The maximum atomic E-state index is 13.2. The Morgan fingerprint density at radius 2 is 1.88 bits per heavy atom. The summed E-state index contributed by atoms with van der Waals surface area (Å²) in [6, 6.07) is -0.449. The highest BCUT2D eigenvalue weighted by atomic mass is 16.5. The van der Waals surface area contributed by atoms with Gasteiger partial charge < -0.3 is 14.5 Å². The van der Waals surface area contributed by atoms with Gasteiger partial charge in [0.1, 0.15) is 11.8 Å². The van der Waals surface area contributed by atoms with Crippen LogP contribution in [-0.4, -0.2) is 78.1 Å². The van der Waals surface area contributed by atoms with Crippen molar-refractivity contribution in [3.8, 4) is 0 Å². The van der Waals surface area contributed by atoms with Crippen LogP contribution in [0.25, 0.3) is 0 Å². The predicted molar refractivity (Wildman–Crippen MR) is 100 cm³/mol. The Kier molecular flexibility index (Phi) is 5.92. The summed E-state index contributed by atoms with van der Waals surface area (Å²) in [6.07, 6.45) is 4.42. The zero-order chi connectivity index (χ0) is 18.9. The van der Waals surface area contributed by atoms with Crippen molar-refractivity contribution in [1.29, 1.82) is 0 Å². The number of carbonyl (C=O) groups is 2. The van der Waals surface area contributed by atoms with Crippen LogP contribution in [-0.2, 0) is 14.3 Å². The van der Waals surface area contributed by atoms with Gasteiger partial charge in [-0.25, -0.2) is 0 Å². The molecule has 26 heavy (non-hydrogen) atoms. The molecule has 0 aromatic carbocycles. The summed E-state index contributed by atoms with van der Waals surface area (Å²) in [7, 11) is 2.08. The second-order valence-electron chi connectivity index (χ2n) is 8.96. The molecule has 0 radical (unpaired) electrons. The number of hydrogen-bond acceptors (Lipinski definition) is 4. The van der Waals surface area contributed by atoms with Crippen molar-refractivity contribution in [1.82, 2.24) is 14.7 Å². The molecule has 0 aromatic heterocycles. The molecular formula is C20H35N3O3. The molecule has 0 N–H and O–H groups in total. The quantitative estimate of drug-likeness (QED) is 0.767. The number of piperazine rings is 1. The molecule has 2 heterocycles.